The number of aryl methyl sites for hydroxylation is 1. The Labute approximate surface area is 78.0 Å². The van der Waals surface area contributed by atoms with Crippen molar-refractivity contribution in [3.63, 3.8) is 0 Å². The summed E-state index contributed by atoms with van der Waals surface area (Å²) in [6.07, 6.45) is 2.09. The first kappa shape index (κ1) is 9.36. The predicted octanol–water partition coefficient (Wildman–Crippen LogP) is 2.75. The number of hydrogen-bond acceptors (Lipinski definition) is 2. The Hall–Kier alpha value is -0.730. The Kier molecular flexibility index (Phi) is 4.57. The highest BCUT2D eigenvalue weighted by Crippen LogP contribution is 1.99. The van der Waals surface area contributed by atoms with Crippen LogP contribution < -0.4 is 4.72 Å². The van der Waals surface area contributed by atoms with Crippen molar-refractivity contribution in [2.45, 2.75) is 6.92 Å². The molecule has 0 atom stereocenters. The van der Waals surface area contributed by atoms with Crippen LogP contribution in [0, 0.1) is 6.92 Å². The van der Waals surface area contributed by atoms with Gasteiger partial charge in [0.2, 0.25) is 0 Å². The van der Waals surface area contributed by atoms with E-state index >= 15 is 0 Å². The highest BCUT2D eigenvalue weighted by molar-refractivity contribution is 8.00. The zero-order valence-electron chi connectivity index (χ0n) is 7.16. The van der Waals surface area contributed by atoms with Gasteiger partial charge in [-0.25, -0.2) is 0 Å². The summed E-state index contributed by atoms with van der Waals surface area (Å²) < 4.78 is 3.03. The lowest BCUT2D eigenvalue weighted by molar-refractivity contribution is 1.16. The van der Waals surface area contributed by atoms with Crippen LogP contribution >= 0.6 is 11.9 Å². The Morgan fingerprint density at radius 1 is 1.25 bits per heavy atom. The largest absolute Gasteiger partial charge is 0.257 e. The number of nitrogens with one attached hydrogen (secondary N) is 1. The van der Waals surface area contributed by atoms with E-state index in [1.54, 1.807) is 11.9 Å². The number of rotatable bonds is 0. The fourth-order valence-corrected chi connectivity index (χ4v) is 1.26. The van der Waals surface area contributed by atoms with E-state index in [0.717, 1.165) is 6.54 Å². The van der Waals surface area contributed by atoms with Gasteiger partial charge in [0.15, 0.2) is 0 Å². The zero-order chi connectivity index (χ0) is 8.65. The van der Waals surface area contributed by atoms with Gasteiger partial charge in [0.05, 0.1) is 0 Å². The summed E-state index contributed by atoms with van der Waals surface area (Å²) >= 11 is 1.64. The summed E-state index contributed by atoms with van der Waals surface area (Å²) in [5, 5.41) is 2.04. The summed E-state index contributed by atoms with van der Waals surface area (Å²) in [7, 11) is 0. The normalized spacial score (nSPS) is 13.8. The molecule has 1 aliphatic heterocycles. The zero-order valence-corrected chi connectivity index (χ0v) is 7.97. The van der Waals surface area contributed by atoms with Crippen LogP contribution in [0.2, 0.25) is 0 Å². The molecule has 2 heteroatoms. The van der Waals surface area contributed by atoms with Crippen LogP contribution in [0.25, 0.3) is 0 Å². The monoisotopic (exact) mass is 179 g/mol. The third kappa shape index (κ3) is 4.21. The first-order valence-electron chi connectivity index (χ1n) is 3.95. The highest BCUT2D eigenvalue weighted by Gasteiger charge is 1.82. The molecule has 0 amide bonds. The molecule has 0 radical (unpaired) electrons. The molecule has 0 spiro atoms. The summed E-state index contributed by atoms with van der Waals surface area (Å²) in [5.41, 5.74) is 1.32. The molecule has 0 aromatic heterocycles. The van der Waals surface area contributed by atoms with Crippen molar-refractivity contribution in [1.82, 2.24) is 4.72 Å². The van der Waals surface area contributed by atoms with Crippen molar-refractivity contribution in [1.29, 1.82) is 0 Å². The Morgan fingerprint density at radius 3 is 2.25 bits per heavy atom. The van der Waals surface area contributed by atoms with Gasteiger partial charge in [-0.1, -0.05) is 53.9 Å². The van der Waals surface area contributed by atoms with Crippen molar-refractivity contribution >= 4 is 11.9 Å². The molecule has 0 saturated carbocycles. The maximum absolute atomic E-state index is 3.03. The van der Waals surface area contributed by atoms with Crippen molar-refractivity contribution in [2.24, 2.45) is 0 Å². The van der Waals surface area contributed by atoms with Crippen LogP contribution in [0.1, 0.15) is 5.56 Å². The quantitative estimate of drug-likeness (QED) is 0.615. The molecule has 1 nitrogen and oxygen atoms in total. The minimum atomic E-state index is 1.03. The topological polar surface area (TPSA) is 12.0 Å². The van der Waals surface area contributed by atoms with E-state index in [0.29, 0.717) is 0 Å². The van der Waals surface area contributed by atoms with Gasteiger partial charge in [-0.2, -0.15) is 0 Å². The first-order valence-corrected chi connectivity index (χ1v) is 4.83. The molecule has 0 fully saturated rings. The molecule has 1 aromatic rings. The van der Waals surface area contributed by atoms with E-state index in [1.165, 1.54) is 5.56 Å². The molecule has 1 aromatic carbocycles. The summed E-state index contributed by atoms with van der Waals surface area (Å²) in [6, 6.07) is 10.3. The average Bonchev–Trinajstić information content (AvgIpc) is 2.62. The Bertz CT molecular complexity index is 225. The molecule has 1 N–H and O–H groups in total. The van der Waals surface area contributed by atoms with E-state index in [1.807, 2.05) is 23.6 Å². The Balaban J connectivity index is 0.000000127. The molecule has 0 aliphatic carbocycles. The van der Waals surface area contributed by atoms with Gasteiger partial charge in [0, 0.05) is 6.54 Å². The first-order chi connectivity index (χ1) is 5.89. The molecule has 0 bridgehead atoms. The minimum Gasteiger partial charge on any atom is -0.257 e. The van der Waals surface area contributed by atoms with E-state index < -0.39 is 0 Å². The van der Waals surface area contributed by atoms with Crippen molar-refractivity contribution in [2.75, 3.05) is 6.54 Å². The lowest BCUT2D eigenvalue weighted by atomic mass is 10.2. The van der Waals surface area contributed by atoms with Crippen LogP contribution in [0.4, 0.5) is 0 Å². The standard InChI is InChI=1S/C7H8.C3H5NS/c1-7-5-3-2-4-6-7;1-2-4-5-3-1/h2-6H,1H3;1,3-4H,2H2. The molecule has 0 unspecified atom stereocenters. The third-order valence-electron chi connectivity index (χ3n) is 1.39. The number of hydrogen-bond donors (Lipinski definition) is 1. The van der Waals surface area contributed by atoms with Crippen molar-refractivity contribution < 1.29 is 0 Å². The van der Waals surface area contributed by atoms with Crippen molar-refractivity contribution in [3.05, 3.63) is 47.4 Å². The molecular weight excluding hydrogens is 166 g/mol. The highest BCUT2D eigenvalue weighted by atomic mass is 32.2. The molecule has 0 saturated heterocycles. The molecule has 1 heterocycles. The van der Waals surface area contributed by atoms with E-state index in [9.17, 15) is 0 Å². The lowest BCUT2D eigenvalue weighted by Gasteiger charge is -1.82. The maximum atomic E-state index is 3.03. The second kappa shape index (κ2) is 5.86. The van der Waals surface area contributed by atoms with Crippen molar-refractivity contribution in [3.8, 4) is 0 Å². The lowest BCUT2D eigenvalue weighted by Crippen LogP contribution is -1.92. The van der Waals surface area contributed by atoms with Gasteiger partial charge >= 0.3 is 0 Å². The van der Waals surface area contributed by atoms with Gasteiger partial charge in [0.1, 0.15) is 0 Å². The van der Waals surface area contributed by atoms with Gasteiger partial charge in [-0.15, -0.1) is 0 Å². The van der Waals surface area contributed by atoms with Gasteiger partial charge in [0.25, 0.3) is 0 Å². The van der Waals surface area contributed by atoms with Gasteiger partial charge in [-0.05, 0) is 12.3 Å². The maximum Gasteiger partial charge on any atom is 0.0251 e. The minimum absolute atomic E-state index is 1.03. The molecule has 64 valence electrons. The molecule has 1 aliphatic rings. The van der Waals surface area contributed by atoms with Gasteiger partial charge < -0.3 is 0 Å². The fraction of sp³-hybridized carbons (Fsp3) is 0.200. The predicted molar refractivity (Wildman–Crippen MR) is 55.9 cm³/mol. The van der Waals surface area contributed by atoms with E-state index in [2.05, 4.69) is 29.9 Å². The summed E-state index contributed by atoms with van der Waals surface area (Å²) in [6.45, 7) is 3.12. The van der Waals surface area contributed by atoms with Crippen LogP contribution in [0.3, 0.4) is 0 Å². The van der Waals surface area contributed by atoms with E-state index in [4.69, 9.17) is 0 Å². The third-order valence-corrected chi connectivity index (χ3v) is 2.05. The van der Waals surface area contributed by atoms with Crippen LogP contribution in [0.15, 0.2) is 41.8 Å². The summed E-state index contributed by atoms with van der Waals surface area (Å²) in [5.74, 6) is 0. The molecule has 2 rings (SSSR count). The van der Waals surface area contributed by atoms with Crippen LogP contribution in [0.5, 0.6) is 0 Å². The second-order valence-corrected chi connectivity index (χ2v) is 3.29. The molecular formula is C10H13NS. The van der Waals surface area contributed by atoms with Gasteiger partial charge in [-0.3, -0.25) is 4.72 Å². The van der Waals surface area contributed by atoms with Crippen LogP contribution in [-0.4, -0.2) is 6.54 Å². The second-order valence-electron chi connectivity index (χ2n) is 2.49. The SMILES string of the molecule is C1=CSNC1.Cc1ccccc1. The smallest absolute Gasteiger partial charge is 0.0251 e. The average molecular weight is 179 g/mol. The fourth-order valence-electron chi connectivity index (χ4n) is 0.775. The molecule has 12 heavy (non-hydrogen) atoms. The Morgan fingerprint density at radius 2 is 2.00 bits per heavy atom. The van der Waals surface area contributed by atoms with E-state index in [-0.39, 0.29) is 0 Å². The van der Waals surface area contributed by atoms with Crippen LogP contribution in [-0.2, 0) is 0 Å². The summed E-state index contributed by atoms with van der Waals surface area (Å²) in [4.78, 5) is 0. The number of benzene rings is 1.